The minimum Gasteiger partial charge on any atom is -0.312 e. The van der Waals surface area contributed by atoms with Crippen molar-refractivity contribution in [1.82, 2.24) is 10.2 Å². The van der Waals surface area contributed by atoms with Crippen molar-refractivity contribution in [3.8, 4) is 0 Å². The first-order valence-corrected chi connectivity index (χ1v) is 9.86. The highest BCUT2D eigenvalue weighted by molar-refractivity contribution is 7.91. The van der Waals surface area contributed by atoms with E-state index in [0.29, 0.717) is 19.6 Å². The Bertz CT molecular complexity index is 458. The van der Waals surface area contributed by atoms with E-state index in [1.165, 1.54) is 6.26 Å². The topological polar surface area (TPSA) is 83.6 Å². The number of sulfone groups is 2. The summed E-state index contributed by atoms with van der Waals surface area (Å²) in [6.07, 6.45) is 1.94. The molecule has 1 fully saturated rings. The molecule has 0 bridgehead atoms. The Hall–Kier alpha value is -0.180. The molecule has 0 radical (unpaired) electrons. The predicted molar refractivity (Wildman–Crippen MR) is 72.3 cm³/mol. The Balaban J connectivity index is 2.28. The summed E-state index contributed by atoms with van der Waals surface area (Å²) >= 11 is 0. The van der Waals surface area contributed by atoms with E-state index in [9.17, 15) is 16.8 Å². The molecule has 1 aliphatic heterocycles. The molecule has 108 valence electrons. The lowest BCUT2D eigenvalue weighted by Gasteiger charge is -2.25. The molecule has 1 atom stereocenters. The lowest BCUT2D eigenvalue weighted by atomic mass is 10.2. The van der Waals surface area contributed by atoms with E-state index in [-0.39, 0.29) is 23.3 Å². The third-order valence-corrected chi connectivity index (χ3v) is 5.66. The van der Waals surface area contributed by atoms with Gasteiger partial charge in [-0.3, -0.25) is 0 Å². The number of hydrogen-bond donors (Lipinski definition) is 1. The van der Waals surface area contributed by atoms with E-state index < -0.39 is 19.7 Å². The molecule has 0 saturated carbocycles. The minimum absolute atomic E-state index is 0.00978. The highest BCUT2D eigenvalue weighted by Crippen LogP contribution is 2.05. The molecule has 1 heterocycles. The molecule has 6 nitrogen and oxygen atoms in total. The maximum atomic E-state index is 11.4. The molecule has 0 aromatic rings. The van der Waals surface area contributed by atoms with Gasteiger partial charge in [-0.05, 0) is 20.0 Å². The van der Waals surface area contributed by atoms with Gasteiger partial charge in [-0.1, -0.05) is 0 Å². The molecule has 1 saturated heterocycles. The van der Waals surface area contributed by atoms with Gasteiger partial charge in [0, 0.05) is 25.4 Å². The van der Waals surface area contributed by atoms with Gasteiger partial charge in [0.1, 0.15) is 9.84 Å². The van der Waals surface area contributed by atoms with Gasteiger partial charge >= 0.3 is 0 Å². The van der Waals surface area contributed by atoms with Gasteiger partial charge in [-0.25, -0.2) is 16.8 Å². The van der Waals surface area contributed by atoms with Gasteiger partial charge in [0.2, 0.25) is 0 Å². The summed E-state index contributed by atoms with van der Waals surface area (Å²) in [4.78, 5) is 1.92. The fourth-order valence-corrected chi connectivity index (χ4v) is 4.00. The zero-order valence-corrected chi connectivity index (χ0v) is 12.6. The highest BCUT2D eigenvalue weighted by atomic mass is 32.2. The minimum atomic E-state index is -2.93. The number of rotatable bonds is 6. The van der Waals surface area contributed by atoms with Crippen LogP contribution >= 0.6 is 0 Å². The molecule has 0 spiro atoms. The van der Waals surface area contributed by atoms with Crippen molar-refractivity contribution in [2.75, 3.05) is 50.2 Å². The summed E-state index contributed by atoms with van der Waals surface area (Å²) < 4.78 is 44.9. The van der Waals surface area contributed by atoms with Crippen LogP contribution in [0.3, 0.4) is 0 Å². The van der Waals surface area contributed by atoms with Crippen LogP contribution in [0.15, 0.2) is 0 Å². The van der Waals surface area contributed by atoms with Crippen LogP contribution in [0.25, 0.3) is 0 Å². The second kappa shape index (κ2) is 6.31. The maximum Gasteiger partial charge on any atom is 0.153 e. The second-order valence-electron chi connectivity index (χ2n) is 4.99. The number of hydrogen-bond acceptors (Lipinski definition) is 6. The van der Waals surface area contributed by atoms with Gasteiger partial charge in [0.15, 0.2) is 9.84 Å². The Morgan fingerprint density at radius 3 is 2.56 bits per heavy atom. The molecular weight excluding hydrogens is 276 g/mol. The summed E-state index contributed by atoms with van der Waals surface area (Å²) in [7, 11) is -3.98. The summed E-state index contributed by atoms with van der Waals surface area (Å²) in [6.45, 7) is 1.70. The van der Waals surface area contributed by atoms with E-state index in [1.54, 1.807) is 0 Å². The van der Waals surface area contributed by atoms with Crippen LogP contribution in [0.5, 0.6) is 0 Å². The lowest BCUT2D eigenvalue weighted by Crippen LogP contribution is -2.46. The molecule has 8 heteroatoms. The van der Waals surface area contributed by atoms with Crippen LogP contribution in [0, 0.1) is 0 Å². The molecule has 0 aromatic heterocycles. The Morgan fingerprint density at radius 1 is 1.33 bits per heavy atom. The molecule has 1 aliphatic rings. The Labute approximate surface area is 110 Å². The number of nitrogens with one attached hydrogen (secondary N) is 1. The molecule has 1 unspecified atom stereocenters. The van der Waals surface area contributed by atoms with E-state index >= 15 is 0 Å². The molecule has 0 aromatic carbocycles. The van der Waals surface area contributed by atoms with Gasteiger partial charge in [0.05, 0.1) is 17.3 Å². The average molecular weight is 298 g/mol. The van der Waals surface area contributed by atoms with Crippen LogP contribution in [-0.2, 0) is 19.7 Å². The lowest BCUT2D eigenvalue weighted by molar-refractivity contribution is 0.325. The third kappa shape index (κ3) is 6.67. The van der Waals surface area contributed by atoms with Crippen molar-refractivity contribution < 1.29 is 16.8 Å². The fourth-order valence-electron chi connectivity index (χ4n) is 1.86. The summed E-state index contributed by atoms with van der Waals surface area (Å²) in [5.41, 5.74) is 0. The zero-order valence-electron chi connectivity index (χ0n) is 10.9. The van der Waals surface area contributed by atoms with Crippen LogP contribution in [0.4, 0.5) is 0 Å². The fraction of sp³-hybridized carbons (Fsp3) is 1.00. The van der Waals surface area contributed by atoms with Gasteiger partial charge in [-0.15, -0.1) is 0 Å². The van der Waals surface area contributed by atoms with Crippen molar-refractivity contribution in [3.63, 3.8) is 0 Å². The zero-order chi connectivity index (χ0) is 13.8. The molecule has 0 amide bonds. The molecule has 1 N–H and O–H groups in total. The van der Waals surface area contributed by atoms with Crippen LogP contribution in [-0.4, -0.2) is 78.0 Å². The summed E-state index contributed by atoms with van der Waals surface area (Å²) in [5, 5.41) is 3.18. The third-order valence-electron chi connectivity index (χ3n) is 3.00. The first kappa shape index (κ1) is 15.9. The predicted octanol–water partition coefficient (Wildman–Crippen LogP) is -1.26. The summed E-state index contributed by atoms with van der Waals surface area (Å²) in [6, 6.07) is -0.00978. The van der Waals surface area contributed by atoms with Gasteiger partial charge < -0.3 is 10.2 Å². The van der Waals surface area contributed by atoms with Crippen LogP contribution in [0.2, 0.25) is 0 Å². The van der Waals surface area contributed by atoms with E-state index in [4.69, 9.17) is 0 Å². The number of nitrogens with zero attached hydrogens (tertiary/aromatic N) is 1. The van der Waals surface area contributed by atoms with Crippen molar-refractivity contribution in [3.05, 3.63) is 0 Å². The second-order valence-corrected chi connectivity index (χ2v) is 9.48. The molecule has 1 rings (SSSR count). The Kier molecular flexibility index (Phi) is 5.57. The molecule has 0 aliphatic carbocycles. The van der Waals surface area contributed by atoms with Crippen LogP contribution in [0.1, 0.15) is 6.42 Å². The van der Waals surface area contributed by atoms with Gasteiger partial charge in [-0.2, -0.15) is 0 Å². The smallest absolute Gasteiger partial charge is 0.153 e. The first-order chi connectivity index (χ1) is 8.18. The van der Waals surface area contributed by atoms with Gasteiger partial charge in [0.25, 0.3) is 0 Å². The van der Waals surface area contributed by atoms with E-state index in [0.717, 1.165) is 6.42 Å². The largest absolute Gasteiger partial charge is 0.312 e. The standard InChI is InChI=1S/C10H22N2O4S2/c1-12(6-8-17(2,13)14)5-3-10-9-18(15,16)7-4-11-10/h10-11H,3-9H2,1-2H3. The normalized spacial score (nSPS) is 24.3. The highest BCUT2D eigenvalue weighted by Gasteiger charge is 2.24. The Morgan fingerprint density at radius 2 is 2.00 bits per heavy atom. The quantitative estimate of drug-likeness (QED) is 0.659. The summed E-state index contributed by atoms with van der Waals surface area (Å²) in [5.74, 6) is 0.542. The molecule has 18 heavy (non-hydrogen) atoms. The molecular formula is C10H22N2O4S2. The van der Waals surface area contributed by atoms with Crippen molar-refractivity contribution >= 4 is 19.7 Å². The monoisotopic (exact) mass is 298 g/mol. The SMILES string of the molecule is CN(CCC1CS(=O)(=O)CCN1)CCS(C)(=O)=O. The van der Waals surface area contributed by atoms with Crippen molar-refractivity contribution in [1.29, 1.82) is 0 Å². The average Bonchev–Trinajstić information content (AvgIpc) is 2.21. The van der Waals surface area contributed by atoms with Crippen LogP contribution < -0.4 is 5.32 Å². The maximum absolute atomic E-state index is 11.4. The van der Waals surface area contributed by atoms with E-state index in [1.807, 2.05) is 11.9 Å². The first-order valence-electron chi connectivity index (χ1n) is 5.98. The van der Waals surface area contributed by atoms with Crippen molar-refractivity contribution in [2.24, 2.45) is 0 Å². The van der Waals surface area contributed by atoms with Crippen molar-refractivity contribution in [2.45, 2.75) is 12.5 Å². The van der Waals surface area contributed by atoms with E-state index in [2.05, 4.69) is 5.32 Å².